The first-order chi connectivity index (χ1) is 9.81. The number of nitrogens with zero attached hydrogens (tertiary/aromatic N) is 2. The van der Waals surface area contributed by atoms with E-state index in [0.29, 0.717) is 5.92 Å². The van der Waals surface area contributed by atoms with Crippen LogP contribution in [0, 0.1) is 11.7 Å². The Bertz CT molecular complexity index is 541. The monoisotopic (exact) mass is 290 g/mol. The van der Waals surface area contributed by atoms with Crippen LogP contribution in [0.2, 0.25) is 0 Å². The molecule has 106 valence electrons. The zero-order valence-electron chi connectivity index (χ0n) is 11.5. The van der Waals surface area contributed by atoms with Crippen LogP contribution in [0.25, 0.3) is 0 Å². The van der Waals surface area contributed by atoms with E-state index in [-0.39, 0.29) is 5.82 Å². The molecule has 0 amide bonds. The fourth-order valence-corrected chi connectivity index (χ4v) is 3.59. The van der Waals surface area contributed by atoms with E-state index in [1.165, 1.54) is 18.9 Å². The van der Waals surface area contributed by atoms with Crippen molar-refractivity contribution in [2.24, 2.45) is 5.92 Å². The molecule has 2 heterocycles. The molecular weight excluding hydrogens is 271 g/mol. The summed E-state index contributed by atoms with van der Waals surface area (Å²) in [4.78, 5) is 6.79. The number of benzene rings is 1. The second kappa shape index (κ2) is 6.35. The largest absolute Gasteiger partial charge is 0.348 e. The number of hydrogen-bond donors (Lipinski definition) is 0. The van der Waals surface area contributed by atoms with E-state index in [9.17, 15) is 4.39 Å². The number of aryl methyl sites for hydroxylation is 1. The number of thiazole rings is 1. The molecule has 0 radical (unpaired) electrons. The Kier molecular flexibility index (Phi) is 4.31. The van der Waals surface area contributed by atoms with E-state index in [1.54, 1.807) is 23.5 Å². The van der Waals surface area contributed by atoms with Crippen LogP contribution < -0.4 is 4.90 Å². The summed E-state index contributed by atoms with van der Waals surface area (Å²) in [6.07, 6.45) is 6.47. The lowest BCUT2D eigenvalue weighted by atomic mass is 9.92. The van der Waals surface area contributed by atoms with Gasteiger partial charge < -0.3 is 4.90 Å². The molecule has 0 aliphatic carbocycles. The molecule has 2 nitrogen and oxygen atoms in total. The molecule has 0 unspecified atom stereocenters. The van der Waals surface area contributed by atoms with Gasteiger partial charge in [-0.3, -0.25) is 0 Å². The molecule has 1 aromatic carbocycles. The number of aromatic nitrogens is 1. The van der Waals surface area contributed by atoms with Crippen LogP contribution in [0.15, 0.2) is 35.8 Å². The molecule has 0 bridgehead atoms. The SMILES string of the molecule is Fc1cccc(CC[C@@H]2CCCN(c3nccs3)C2)c1. The van der Waals surface area contributed by atoms with Crippen molar-refractivity contribution < 1.29 is 4.39 Å². The van der Waals surface area contributed by atoms with Gasteiger partial charge in [-0.15, -0.1) is 11.3 Å². The minimum Gasteiger partial charge on any atom is -0.348 e. The molecule has 0 N–H and O–H groups in total. The molecule has 1 atom stereocenters. The number of piperidine rings is 1. The van der Waals surface area contributed by atoms with E-state index in [0.717, 1.165) is 36.6 Å². The van der Waals surface area contributed by atoms with Crippen molar-refractivity contribution in [3.63, 3.8) is 0 Å². The first kappa shape index (κ1) is 13.6. The molecule has 2 aromatic rings. The molecule has 0 saturated carbocycles. The van der Waals surface area contributed by atoms with Crippen LogP contribution >= 0.6 is 11.3 Å². The predicted octanol–water partition coefficient (Wildman–Crippen LogP) is 4.13. The van der Waals surface area contributed by atoms with Crippen molar-refractivity contribution in [3.8, 4) is 0 Å². The quantitative estimate of drug-likeness (QED) is 0.841. The summed E-state index contributed by atoms with van der Waals surface area (Å²) in [7, 11) is 0. The van der Waals surface area contributed by atoms with Gasteiger partial charge in [0.2, 0.25) is 0 Å². The summed E-state index contributed by atoms with van der Waals surface area (Å²) in [6.45, 7) is 2.20. The van der Waals surface area contributed by atoms with Gasteiger partial charge in [-0.25, -0.2) is 9.37 Å². The van der Waals surface area contributed by atoms with E-state index in [4.69, 9.17) is 0 Å². The summed E-state index contributed by atoms with van der Waals surface area (Å²) in [5, 5.41) is 3.17. The lowest BCUT2D eigenvalue weighted by Crippen LogP contribution is -2.35. The van der Waals surface area contributed by atoms with Gasteiger partial charge in [0.05, 0.1) is 0 Å². The van der Waals surface area contributed by atoms with Gasteiger partial charge in [0.1, 0.15) is 5.82 Å². The summed E-state index contributed by atoms with van der Waals surface area (Å²) in [5.41, 5.74) is 1.11. The molecule has 4 heteroatoms. The summed E-state index contributed by atoms with van der Waals surface area (Å²) >= 11 is 1.71. The number of halogens is 1. The maximum atomic E-state index is 13.2. The van der Waals surface area contributed by atoms with E-state index >= 15 is 0 Å². The first-order valence-electron chi connectivity index (χ1n) is 7.20. The molecule has 1 aliphatic rings. The smallest absolute Gasteiger partial charge is 0.185 e. The first-order valence-corrected chi connectivity index (χ1v) is 8.08. The Labute approximate surface area is 123 Å². The fraction of sp³-hybridized carbons (Fsp3) is 0.438. The highest BCUT2D eigenvalue weighted by Crippen LogP contribution is 2.27. The number of rotatable bonds is 4. The summed E-state index contributed by atoms with van der Waals surface area (Å²) in [5.74, 6) is 0.562. The molecule has 1 saturated heterocycles. The average molecular weight is 290 g/mol. The standard InChI is InChI=1S/C16H19FN2S/c17-15-5-1-3-13(11-15)6-7-14-4-2-9-19(12-14)16-18-8-10-20-16/h1,3,5,8,10-11,14H,2,4,6-7,9,12H2/t14-/m0/s1. The van der Waals surface area contributed by atoms with Crippen molar-refractivity contribution >= 4 is 16.5 Å². The molecule has 0 spiro atoms. The van der Waals surface area contributed by atoms with Crippen LogP contribution in [0.1, 0.15) is 24.8 Å². The molecule has 1 aliphatic heterocycles. The second-order valence-electron chi connectivity index (χ2n) is 5.44. The lowest BCUT2D eigenvalue weighted by Gasteiger charge is -2.32. The fourth-order valence-electron chi connectivity index (χ4n) is 2.91. The lowest BCUT2D eigenvalue weighted by molar-refractivity contribution is 0.391. The van der Waals surface area contributed by atoms with Crippen LogP contribution in [0.3, 0.4) is 0 Å². The minimum absolute atomic E-state index is 0.129. The zero-order chi connectivity index (χ0) is 13.8. The zero-order valence-corrected chi connectivity index (χ0v) is 12.3. The van der Waals surface area contributed by atoms with Gasteiger partial charge >= 0.3 is 0 Å². The van der Waals surface area contributed by atoms with Crippen molar-refractivity contribution in [3.05, 3.63) is 47.2 Å². The maximum absolute atomic E-state index is 13.2. The summed E-state index contributed by atoms with van der Waals surface area (Å²) < 4.78 is 13.2. The highest BCUT2D eigenvalue weighted by molar-refractivity contribution is 7.13. The number of anilines is 1. The topological polar surface area (TPSA) is 16.1 Å². The van der Waals surface area contributed by atoms with Gasteiger partial charge in [0.15, 0.2) is 5.13 Å². The van der Waals surface area contributed by atoms with Gasteiger partial charge in [-0.1, -0.05) is 12.1 Å². The third-order valence-corrected chi connectivity index (χ3v) is 4.77. The van der Waals surface area contributed by atoms with Crippen LogP contribution in [-0.4, -0.2) is 18.1 Å². The summed E-state index contributed by atoms with van der Waals surface area (Å²) in [6, 6.07) is 6.98. The normalized spacial score (nSPS) is 19.2. The van der Waals surface area contributed by atoms with E-state index < -0.39 is 0 Å². The van der Waals surface area contributed by atoms with Gasteiger partial charge in [-0.2, -0.15) is 0 Å². The molecule has 20 heavy (non-hydrogen) atoms. The van der Waals surface area contributed by atoms with Gasteiger partial charge in [-0.05, 0) is 49.3 Å². The third-order valence-electron chi connectivity index (χ3n) is 3.94. The van der Waals surface area contributed by atoms with Crippen LogP contribution in [0.4, 0.5) is 9.52 Å². The highest BCUT2D eigenvalue weighted by Gasteiger charge is 2.21. The van der Waals surface area contributed by atoms with Crippen molar-refractivity contribution in [2.75, 3.05) is 18.0 Å². The van der Waals surface area contributed by atoms with Crippen LogP contribution in [0.5, 0.6) is 0 Å². The Hall–Kier alpha value is -1.42. The Morgan fingerprint density at radius 1 is 1.40 bits per heavy atom. The third kappa shape index (κ3) is 3.37. The van der Waals surface area contributed by atoms with E-state index in [2.05, 4.69) is 9.88 Å². The highest BCUT2D eigenvalue weighted by atomic mass is 32.1. The maximum Gasteiger partial charge on any atom is 0.185 e. The van der Waals surface area contributed by atoms with Gasteiger partial charge in [0.25, 0.3) is 0 Å². The van der Waals surface area contributed by atoms with Crippen molar-refractivity contribution in [1.29, 1.82) is 0 Å². The predicted molar refractivity (Wildman–Crippen MR) is 81.8 cm³/mol. The Morgan fingerprint density at radius 2 is 2.35 bits per heavy atom. The molecule has 3 rings (SSSR count). The van der Waals surface area contributed by atoms with E-state index in [1.807, 2.05) is 17.6 Å². The van der Waals surface area contributed by atoms with Crippen molar-refractivity contribution in [2.45, 2.75) is 25.7 Å². The molecule has 1 fully saturated rings. The van der Waals surface area contributed by atoms with Gasteiger partial charge in [0, 0.05) is 24.7 Å². The molecule has 1 aromatic heterocycles. The second-order valence-corrected chi connectivity index (χ2v) is 6.31. The molecular formula is C16H19FN2S. The Balaban J connectivity index is 1.55. The Morgan fingerprint density at radius 3 is 3.15 bits per heavy atom. The average Bonchev–Trinajstić information content (AvgIpc) is 3.00. The van der Waals surface area contributed by atoms with Crippen molar-refractivity contribution in [1.82, 2.24) is 4.98 Å². The minimum atomic E-state index is -0.129. The van der Waals surface area contributed by atoms with Crippen LogP contribution in [-0.2, 0) is 6.42 Å². The number of hydrogen-bond acceptors (Lipinski definition) is 3.